The topological polar surface area (TPSA) is 84.5 Å². The van der Waals surface area contributed by atoms with Gasteiger partial charge in [0.1, 0.15) is 0 Å². The molecule has 3 rings (SSSR count). The number of benzene rings is 2. The van der Waals surface area contributed by atoms with Crippen molar-refractivity contribution in [3.05, 3.63) is 65.7 Å². The highest BCUT2D eigenvalue weighted by Crippen LogP contribution is 2.23. The summed E-state index contributed by atoms with van der Waals surface area (Å²) in [5.74, 6) is -0.851. The van der Waals surface area contributed by atoms with Gasteiger partial charge in [-0.25, -0.2) is 4.79 Å². The van der Waals surface area contributed by atoms with E-state index in [0.29, 0.717) is 17.2 Å². The molecular formula is C23H26N2O4. The van der Waals surface area contributed by atoms with Crippen LogP contribution in [0, 0.1) is 5.92 Å². The van der Waals surface area contributed by atoms with Crippen LogP contribution in [-0.4, -0.2) is 30.4 Å². The van der Waals surface area contributed by atoms with Gasteiger partial charge in [0, 0.05) is 11.6 Å². The van der Waals surface area contributed by atoms with Gasteiger partial charge in [-0.1, -0.05) is 50.1 Å². The first-order chi connectivity index (χ1) is 14.0. The number of carbonyl (C=O) groups is 3. The second-order valence-corrected chi connectivity index (χ2v) is 7.38. The number of hydrogen-bond acceptors (Lipinski definition) is 4. The number of esters is 1. The number of anilines is 1. The normalized spacial score (nSPS) is 18.5. The van der Waals surface area contributed by atoms with Gasteiger partial charge >= 0.3 is 5.97 Å². The summed E-state index contributed by atoms with van der Waals surface area (Å²) < 4.78 is 5.19. The van der Waals surface area contributed by atoms with Gasteiger partial charge in [-0.2, -0.15) is 0 Å². The van der Waals surface area contributed by atoms with Crippen molar-refractivity contribution in [2.24, 2.45) is 5.92 Å². The minimum absolute atomic E-state index is 0.132. The number of ether oxygens (including phenoxy) is 1. The minimum Gasteiger partial charge on any atom is -0.452 e. The van der Waals surface area contributed by atoms with E-state index in [4.69, 9.17) is 4.74 Å². The zero-order chi connectivity index (χ0) is 20.6. The van der Waals surface area contributed by atoms with E-state index in [-0.39, 0.29) is 30.0 Å². The first kappa shape index (κ1) is 20.6. The predicted octanol–water partition coefficient (Wildman–Crippen LogP) is 3.79. The van der Waals surface area contributed by atoms with Gasteiger partial charge in [0.25, 0.3) is 11.8 Å². The number of para-hydroxylation sites is 1. The van der Waals surface area contributed by atoms with Crippen LogP contribution in [0.4, 0.5) is 5.69 Å². The van der Waals surface area contributed by atoms with Crippen LogP contribution in [-0.2, 0) is 9.53 Å². The summed E-state index contributed by atoms with van der Waals surface area (Å²) in [6.45, 7) is 1.78. The van der Waals surface area contributed by atoms with Gasteiger partial charge in [0.2, 0.25) is 0 Å². The molecule has 2 amide bonds. The highest BCUT2D eigenvalue weighted by Gasteiger charge is 2.23. The van der Waals surface area contributed by atoms with Gasteiger partial charge in [-0.15, -0.1) is 0 Å². The zero-order valence-corrected chi connectivity index (χ0v) is 16.5. The Morgan fingerprint density at radius 1 is 0.966 bits per heavy atom. The summed E-state index contributed by atoms with van der Waals surface area (Å²) in [5.41, 5.74) is 1.03. The molecule has 1 saturated carbocycles. The van der Waals surface area contributed by atoms with Gasteiger partial charge in [-0.3, -0.25) is 9.59 Å². The van der Waals surface area contributed by atoms with Gasteiger partial charge < -0.3 is 15.4 Å². The fourth-order valence-electron chi connectivity index (χ4n) is 3.54. The van der Waals surface area contributed by atoms with E-state index in [1.165, 1.54) is 6.42 Å². The summed E-state index contributed by atoms with van der Waals surface area (Å²) in [5, 5.41) is 5.68. The lowest BCUT2D eigenvalue weighted by Gasteiger charge is -2.29. The Morgan fingerprint density at radius 2 is 1.66 bits per heavy atom. The fraction of sp³-hybridized carbons (Fsp3) is 0.348. The molecule has 0 spiro atoms. The van der Waals surface area contributed by atoms with Crippen molar-refractivity contribution in [2.45, 2.75) is 38.6 Å². The van der Waals surface area contributed by atoms with Crippen molar-refractivity contribution in [1.82, 2.24) is 5.32 Å². The third kappa shape index (κ3) is 5.67. The zero-order valence-electron chi connectivity index (χ0n) is 16.5. The van der Waals surface area contributed by atoms with E-state index >= 15 is 0 Å². The SMILES string of the molecule is C[C@@H]1CCCC[C@H]1NC(=O)COC(=O)c1ccccc1NC(=O)c1ccccc1. The fourth-order valence-corrected chi connectivity index (χ4v) is 3.54. The number of nitrogens with one attached hydrogen (secondary N) is 2. The molecule has 2 aromatic rings. The van der Waals surface area contributed by atoms with Crippen molar-refractivity contribution in [1.29, 1.82) is 0 Å². The average Bonchev–Trinajstić information content (AvgIpc) is 2.74. The lowest BCUT2D eigenvalue weighted by molar-refractivity contribution is -0.125. The maximum Gasteiger partial charge on any atom is 0.340 e. The van der Waals surface area contributed by atoms with Crippen molar-refractivity contribution < 1.29 is 19.1 Å². The van der Waals surface area contributed by atoms with E-state index in [9.17, 15) is 14.4 Å². The second-order valence-electron chi connectivity index (χ2n) is 7.38. The molecule has 2 aromatic carbocycles. The Kier molecular flexibility index (Phi) is 7.00. The Hall–Kier alpha value is -3.15. The van der Waals surface area contributed by atoms with Crippen molar-refractivity contribution >= 4 is 23.5 Å². The van der Waals surface area contributed by atoms with E-state index in [1.54, 1.807) is 48.5 Å². The number of amides is 2. The summed E-state index contributed by atoms with van der Waals surface area (Å²) >= 11 is 0. The Morgan fingerprint density at radius 3 is 2.41 bits per heavy atom. The maximum atomic E-state index is 12.5. The molecule has 2 N–H and O–H groups in total. The van der Waals surface area contributed by atoms with E-state index in [2.05, 4.69) is 17.6 Å². The van der Waals surface area contributed by atoms with Crippen LogP contribution < -0.4 is 10.6 Å². The van der Waals surface area contributed by atoms with Crippen LogP contribution in [0.5, 0.6) is 0 Å². The average molecular weight is 394 g/mol. The number of hydrogen-bond donors (Lipinski definition) is 2. The maximum absolute atomic E-state index is 12.5. The summed E-state index contributed by atoms with van der Waals surface area (Å²) in [6.07, 6.45) is 4.34. The lowest BCUT2D eigenvalue weighted by Crippen LogP contribution is -2.42. The molecule has 1 aliphatic carbocycles. The molecule has 6 heteroatoms. The molecule has 6 nitrogen and oxygen atoms in total. The Bertz CT molecular complexity index is 866. The molecule has 0 unspecified atom stereocenters. The highest BCUT2D eigenvalue weighted by atomic mass is 16.5. The number of carbonyl (C=O) groups excluding carboxylic acids is 3. The van der Waals surface area contributed by atoms with Gasteiger partial charge in [0.05, 0.1) is 11.3 Å². The first-order valence-corrected chi connectivity index (χ1v) is 9.96. The predicted molar refractivity (Wildman–Crippen MR) is 111 cm³/mol. The molecule has 1 aliphatic rings. The van der Waals surface area contributed by atoms with Gasteiger partial charge in [-0.05, 0) is 43.0 Å². The molecule has 29 heavy (non-hydrogen) atoms. The largest absolute Gasteiger partial charge is 0.452 e. The molecule has 0 bridgehead atoms. The minimum atomic E-state index is -0.652. The summed E-state index contributed by atoms with van der Waals surface area (Å²) in [4.78, 5) is 37.1. The number of rotatable bonds is 6. The quantitative estimate of drug-likeness (QED) is 0.730. The summed E-state index contributed by atoms with van der Waals surface area (Å²) in [6, 6.07) is 15.4. The molecule has 152 valence electrons. The Labute approximate surface area is 170 Å². The van der Waals surface area contributed by atoms with Crippen LogP contribution in [0.1, 0.15) is 53.3 Å². The molecule has 0 aliphatic heterocycles. The highest BCUT2D eigenvalue weighted by molar-refractivity contribution is 6.08. The van der Waals surface area contributed by atoms with E-state index in [1.807, 2.05) is 6.07 Å². The second kappa shape index (κ2) is 9.87. The van der Waals surface area contributed by atoms with Crippen molar-refractivity contribution in [2.75, 3.05) is 11.9 Å². The molecule has 1 fully saturated rings. The third-order valence-electron chi connectivity index (χ3n) is 5.22. The Balaban J connectivity index is 1.58. The van der Waals surface area contributed by atoms with Crippen LogP contribution in [0.2, 0.25) is 0 Å². The van der Waals surface area contributed by atoms with Gasteiger partial charge in [0.15, 0.2) is 6.61 Å². The third-order valence-corrected chi connectivity index (χ3v) is 5.22. The van der Waals surface area contributed by atoms with Crippen LogP contribution >= 0.6 is 0 Å². The molecule has 0 aromatic heterocycles. The van der Waals surface area contributed by atoms with E-state index in [0.717, 1.165) is 19.3 Å². The van der Waals surface area contributed by atoms with Crippen LogP contribution in [0.15, 0.2) is 54.6 Å². The van der Waals surface area contributed by atoms with Crippen LogP contribution in [0.25, 0.3) is 0 Å². The monoisotopic (exact) mass is 394 g/mol. The van der Waals surface area contributed by atoms with Crippen LogP contribution in [0.3, 0.4) is 0 Å². The molecule has 0 radical (unpaired) electrons. The summed E-state index contributed by atoms with van der Waals surface area (Å²) in [7, 11) is 0. The van der Waals surface area contributed by atoms with Crippen molar-refractivity contribution in [3.8, 4) is 0 Å². The molecule has 2 atom stereocenters. The molecule has 0 saturated heterocycles. The molecule has 0 heterocycles. The lowest BCUT2D eigenvalue weighted by atomic mass is 9.86. The first-order valence-electron chi connectivity index (χ1n) is 9.96. The smallest absolute Gasteiger partial charge is 0.340 e. The standard InChI is InChI=1S/C23H26N2O4/c1-16-9-5-7-13-19(16)24-21(26)15-29-23(28)18-12-6-8-14-20(18)25-22(27)17-10-3-2-4-11-17/h2-4,6,8,10-12,14,16,19H,5,7,9,13,15H2,1H3,(H,24,26)(H,25,27)/t16-,19-/m1/s1. The molecular weight excluding hydrogens is 368 g/mol. The van der Waals surface area contributed by atoms with Crippen molar-refractivity contribution in [3.63, 3.8) is 0 Å². The van der Waals surface area contributed by atoms with E-state index < -0.39 is 5.97 Å².